The van der Waals surface area contributed by atoms with Gasteiger partial charge in [0.25, 0.3) is 5.56 Å². The number of rotatable bonds is 4. The molecule has 4 rings (SSSR count). The predicted octanol–water partition coefficient (Wildman–Crippen LogP) is 0.496. The average molecular weight is 386 g/mol. The Kier molecular flexibility index (Phi) is 4.68. The largest absolute Gasteiger partial charge is 0.345 e. The zero-order chi connectivity index (χ0) is 20.0. The molecule has 1 aliphatic carbocycles. The molecule has 0 aromatic carbocycles. The van der Waals surface area contributed by atoms with Gasteiger partial charge in [0.05, 0.1) is 6.33 Å². The van der Waals surface area contributed by atoms with Crippen molar-refractivity contribution >= 4 is 5.91 Å². The van der Waals surface area contributed by atoms with E-state index in [4.69, 9.17) is 0 Å². The number of likely N-dealkylation sites (tertiary alicyclic amines) is 1. The molecule has 2 aliphatic rings. The van der Waals surface area contributed by atoms with E-state index in [1.54, 1.807) is 25.8 Å². The summed E-state index contributed by atoms with van der Waals surface area (Å²) in [5.41, 5.74) is 1.05. The van der Waals surface area contributed by atoms with Gasteiger partial charge in [-0.2, -0.15) is 5.10 Å². The third kappa shape index (κ3) is 3.29. The summed E-state index contributed by atoms with van der Waals surface area (Å²) in [4.78, 5) is 43.3. The number of aryl methyl sites for hydroxylation is 2. The minimum absolute atomic E-state index is 0.00793. The Balaban J connectivity index is 1.43. The average Bonchev–Trinajstić information content (AvgIpc) is 3.48. The van der Waals surface area contributed by atoms with Gasteiger partial charge in [0, 0.05) is 43.4 Å². The number of carbonyl (C=O) groups is 1. The van der Waals surface area contributed by atoms with E-state index in [2.05, 4.69) is 10.1 Å². The first kappa shape index (κ1) is 18.6. The fraction of sp³-hybridized carbons (Fsp3) is 0.632. The van der Waals surface area contributed by atoms with Crippen LogP contribution in [0.1, 0.15) is 54.7 Å². The molecule has 0 atom stereocenters. The van der Waals surface area contributed by atoms with Gasteiger partial charge in [0.1, 0.15) is 12.4 Å². The van der Waals surface area contributed by atoms with Crippen LogP contribution in [0.25, 0.3) is 0 Å². The van der Waals surface area contributed by atoms with Gasteiger partial charge < -0.3 is 4.90 Å². The van der Waals surface area contributed by atoms with E-state index in [0.717, 1.165) is 31.5 Å². The standard InChI is InChI=1S/C19H26N6O3/c1-12-13(2)20-11-24(18(12)27)10-16(26)23-8-6-14(7-9-23)17-21-22(3)19(28)25(17)15-4-5-15/h11,14-15H,4-10H2,1-3H3. The van der Waals surface area contributed by atoms with Gasteiger partial charge in [0.2, 0.25) is 5.91 Å². The molecule has 2 fully saturated rings. The highest BCUT2D eigenvalue weighted by Crippen LogP contribution is 2.37. The first-order valence-electron chi connectivity index (χ1n) is 9.82. The van der Waals surface area contributed by atoms with Crippen LogP contribution < -0.4 is 11.2 Å². The van der Waals surface area contributed by atoms with Crippen molar-refractivity contribution in [2.45, 2.75) is 58.0 Å². The van der Waals surface area contributed by atoms with E-state index in [0.29, 0.717) is 30.4 Å². The molecule has 0 N–H and O–H groups in total. The first-order chi connectivity index (χ1) is 13.4. The molecule has 2 aromatic heterocycles. The Bertz CT molecular complexity index is 1020. The Morgan fingerprint density at radius 3 is 2.46 bits per heavy atom. The quantitative estimate of drug-likeness (QED) is 0.762. The summed E-state index contributed by atoms with van der Waals surface area (Å²) in [5.74, 6) is 0.965. The lowest BCUT2D eigenvalue weighted by atomic mass is 9.95. The van der Waals surface area contributed by atoms with Crippen molar-refractivity contribution in [2.75, 3.05) is 13.1 Å². The minimum atomic E-state index is -0.169. The highest BCUT2D eigenvalue weighted by Gasteiger charge is 2.34. The summed E-state index contributed by atoms with van der Waals surface area (Å²) >= 11 is 0. The van der Waals surface area contributed by atoms with E-state index < -0.39 is 0 Å². The summed E-state index contributed by atoms with van der Waals surface area (Å²) in [6, 6.07) is 0.292. The first-order valence-corrected chi connectivity index (χ1v) is 9.82. The second-order valence-corrected chi connectivity index (χ2v) is 7.91. The molecule has 3 heterocycles. The van der Waals surface area contributed by atoms with Crippen LogP contribution in [0.5, 0.6) is 0 Å². The van der Waals surface area contributed by atoms with Gasteiger partial charge in [-0.15, -0.1) is 0 Å². The number of nitrogens with zero attached hydrogens (tertiary/aromatic N) is 6. The second kappa shape index (κ2) is 7.03. The van der Waals surface area contributed by atoms with Crippen LogP contribution >= 0.6 is 0 Å². The maximum Gasteiger partial charge on any atom is 0.345 e. The summed E-state index contributed by atoms with van der Waals surface area (Å²) in [6.07, 6.45) is 5.06. The van der Waals surface area contributed by atoms with Crippen molar-refractivity contribution in [3.63, 3.8) is 0 Å². The fourth-order valence-corrected chi connectivity index (χ4v) is 3.87. The lowest BCUT2D eigenvalue weighted by molar-refractivity contribution is -0.133. The predicted molar refractivity (Wildman–Crippen MR) is 102 cm³/mol. The highest BCUT2D eigenvalue weighted by molar-refractivity contribution is 5.76. The summed E-state index contributed by atoms with van der Waals surface area (Å²) in [6.45, 7) is 4.72. The third-order valence-corrected chi connectivity index (χ3v) is 5.93. The fourth-order valence-electron chi connectivity index (χ4n) is 3.87. The van der Waals surface area contributed by atoms with Gasteiger partial charge in [-0.25, -0.2) is 14.5 Å². The van der Waals surface area contributed by atoms with Crippen molar-refractivity contribution in [1.82, 2.24) is 28.8 Å². The van der Waals surface area contributed by atoms with E-state index >= 15 is 0 Å². The molecule has 28 heavy (non-hydrogen) atoms. The van der Waals surface area contributed by atoms with Crippen LogP contribution in [0.2, 0.25) is 0 Å². The molecule has 1 aliphatic heterocycles. The Morgan fingerprint density at radius 2 is 1.82 bits per heavy atom. The zero-order valence-electron chi connectivity index (χ0n) is 16.6. The molecular weight excluding hydrogens is 360 g/mol. The highest BCUT2D eigenvalue weighted by atomic mass is 16.2. The molecular formula is C19H26N6O3. The topological polar surface area (TPSA) is 95.0 Å². The number of amides is 1. The molecule has 1 saturated heterocycles. The van der Waals surface area contributed by atoms with Gasteiger partial charge in [-0.3, -0.25) is 18.7 Å². The van der Waals surface area contributed by atoms with Crippen molar-refractivity contribution in [3.8, 4) is 0 Å². The molecule has 0 unspecified atom stereocenters. The molecule has 150 valence electrons. The van der Waals surface area contributed by atoms with Crippen molar-refractivity contribution in [2.24, 2.45) is 7.05 Å². The summed E-state index contributed by atoms with van der Waals surface area (Å²) in [7, 11) is 1.69. The second-order valence-electron chi connectivity index (χ2n) is 7.91. The lowest BCUT2D eigenvalue weighted by Crippen LogP contribution is -2.42. The van der Waals surface area contributed by atoms with E-state index in [-0.39, 0.29) is 29.6 Å². The Labute approximate surface area is 162 Å². The molecule has 0 radical (unpaired) electrons. The molecule has 2 aromatic rings. The molecule has 1 saturated carbocycles. The maximum atomic E-state index is 12.7. The number of hydrogen-bond donors (Lipinski definition) is 0. The zero-order valence-corrected chi connectivity index (χ0v) is 16.6. The minimum Gasteiger partial charge on any atom is -0.341 e. The Hall–Kier alpha value is -2.71. The maximum absolute atomic E-state index is 12.7. The van der Waals surface area contributed by atoms with Crippen LogP contribution in [0.3, 0.4) is 0 Å². The molecule has 1 amide bonds. The molecule has 9 heteroatoms. The van der Waals surface area contributed by atoms with Gasteiger partial charge >= 0.3 is 5.69 Å². The van der Waals surface area contributed by atoms with Crippen LogP contribution in [-0.2, 0) is 18.4 Å². The van der Waals surface area contributed by atoms with E-state index in [1.165, 1.54) is 15.6 Å². The Morgan fingerprint density at radius 1 is 1.14 bits per heavy atom. The number of carbonyl (C=O) groups excluding carboxylic acids is 1. The lowest BCUT2D eigenvalue weighted by Gasteiger charge is -2.31. The van der Waals surface area contributed by atoms with Gasteiger partial charge in [-0.1, -0.05) is 0 Å². The van der Waals surface area contributed by atoms with E-state index in [9.17, 15) is 14.4 Å². The summed E-state index contributed by atoms with van der Waals surface area (Å²) in [5, 5.41) is 4.47. The smallest absolute Gasteiger partial charge is 0.341 e. The SMILES string of the molecule is Cc1ncn(CC(=O)N2CCC(c3nn(C)c(=O)n3C3CC3)CC2)c(=O)c1C. The van der Waals surface area contributed by atoms with Crippen LogP contribution in [0.15, 0.2) is 15.9 Å². The van der Waals surface area contributed by atoms with Crippen LogP contribution in [0.4, 0.5) is 0 Å². The molecule has 9 nitrogen and oxygen atoms in total. The van der Waals surface area contributed by atoms with Crippen LogP contribution in [-0.4, -0.2) is 47.8 Å². The summed E-state index contributed by atoms with van der Waals surface area (Å²) < 4.78 is 4.65. The van der Waals surface area contributed by atoms with Crippen molar-refractivity contribution < 1.29 is 4.79 Å². The third-order valence-electron chi connectivity index (χ3n) is 5.93. The normalized spacial score (nSPS) is 17.9. The number of aromatic nitrogens is 5. The van der Waals surface area contributed by atoms with Crippen molar-refractivity contribution in [1.29, 1.82) is 0 Å². The van der Waals surface area contributed by atoms with Crippen molar-refractivity contribution in [3.05, 3.63) is 44.2 Å². The monoisotopic (exact) mass is 386 g/mol. The number of hydrogen-bond acceptors (Lipinski definition) is 5. The number of piperidine rings is 1. The molecule has 0 bridgehead atoms. The van der Waals surface area contributed by atoms with Gasteiger partial charge in [-0.05, 0) is 39.5 Å². The van der Waals surface area contributed by atoms with Gasteiger partial charge in [0.15, 0.2) is 0 Å². The van der Waals surface area contributed by atoms with Crippen LogP contribution in [0, 0.1) is 13.8 Å². The molecule has 0 spiro atoms. The van der Waals surface area contributed by atoms with E-state index in [1.807, 2.05) is 4.57 Å².